The number of hydrazone groups is 1. The van der Waals surface area contributed by atoms with Crippen LogP contribution in [0, 0.1) is 0 Å². The first-order chi connectivity index (χ1) is 12.4. The van der Waals surface area contributed by atoms with Crippen molar-refractivity contribution in [2.24, 2.45) is 5.10 Å². The van der Waals surface area contributed by atoms with Gasteiger partial charge in [-0.05, 0) is 42.0 Å². The highest BCUT2D eigenvalue weighted by Crippen LogP contribution is 2.13. The largest absolute Gasteiger partial charge is 0.378 e. The molecule has 26 heavy (non-hydrogen) atoms. The Morgan fingerprint density at radius 3 is 2.23 bits per heavy atom. The van der Waals surface area contributed by atoms with Crippen molar-refractivity contribution in [1.29, 1.82) is 0 Å². The first kappa shape index (κ1) is 19.5. The molecule has 0 radical (unpaired) electrons. The van der Waals surface area contributed by atoms with E-state index >= 15 is 0 Å². The van der Waals surface area contributed by atoms with Crippen LogP contribution in [0.1, 0.15) is 18.4 Å². The minimum atomic E-state index is -0.322. The van der Waals surface area contributed by atoms with Crippen molar-refractivity contribution in [2.45, 2.75) is 12.8 Å². The van der Waals surface area contributed by atoms with Gasteiger partial charge in [0.05, 0.1) is 6.21 Å². The van der Waals surface area contributed by atoms with Crippen LogP contribution in [-0.4, -0.2) is 32.1 Å². The van der Waals surface area contributed by atoms with Crippen molar-refractivity contribution in [3.8, 4) is 0 Å². The van der Waals surface area contributed by atoms with Gasteiger partial charge >= 0.3 is 0 Å². The van der Waals surface area contributed by atoms with Gasteiger partial charge in [0, 0.05) is 43.3 Å². The van der Waals surface area contributed by atoms with Crippen LogP contribution in [0.25, 0.3) is 0 Å². The van der Waals surface area contributed by atoms with E-state index in [9.17, 15) is 9.59 Å². The molecule has 0 atom stereocenters. The van der Waals surface area contributed by atoms with E-state index in [-0.39, 0.29) is 24.7 Å². The molecule has 136 valence electrons. The molecular weight excluding hydrogens is 352 g/mol. The lowest BCUT2D eigenvalue weighted by atomic mass is 10.2. The maximum absolute atomic E-state index is 11.8. The second-order valence-corrected chi connectivity index (χ2v) is 6.27. The summed E-state index contributed by atoms with van der Waals surface area (Å²) in [5, 5.41) is 7.20. The fourth-order valence-electron chi connectivity index (χ4n) is 2.08. The van der Waals surface area contributed by atoms with E-state index in [1.807, 2.05) is 43.3 Å². The van der Waals surface area contributed by atoms with Crippen LogP contribution in [0.5, 0.6) is 0 Å². The predicted molar refractivity (Wildman–Crippen MR) is 106 cm³/mol. The van der Waals surface area contributed by atoms with E-state index in [4.69, 9.17) is 11.6 Å². The summed E-state index contributed by atoms with van der Waals surface area (Å²) in [4.78, 5) is 25.6. The van der Waals surface area contributed by atoms with Gasteiger partial charge < -0.3 is 10.2 Å². The van der Waals surface area contributed by atoms with Crippen LogP contribution in [0.4, 0.5) is 11.4 Å². The van der Waals surface area contributed by atoms with Gasteiger partial charge in [-0.25, -0.2) is 5.43 Å². The third kappa shape index (κ3) is 6.57. The molecule has 0 heterocycles. The second kappa shape index (κ2) is 9.58. The SMILES string of the molecule is CN(C)c1ccc(/C=N\NC(=O)CCC(=O)Nc2ccc(Cl)cc2)cc1. The highest BCUT2D eigenvalue weighted by atomic mass is 35.5. The molecular formula is C19H21ClN4O2. The average Bonchev–Trinajstić information content (AvgIpc) is 2.62. The smallest absolute Gasteiger partial charge is 0.240 e. The van der Waals surface area contributed by atoms with Crippen LogP contribution in [0.2, 0.25) is 5.02 Å². The highest BCUT2D eigenvalue weighted by Gasteiger charge is 2.06. The number of halogens is 1. The number of hydrogen-bond acceptors (Lipinski definition) is 4. The summed E-state index contributed by atoms with van der Waals surface area (Å²) in [5.74, 6) is -0.567. The van der Waals surface area contributed by atoms with Crippen molar-refractivity contribution in [3.63, 3.8) is 0 Å². The summed E-state index contributed by atoms with van der Waals surface area (Å²) in [6.07, 6.45) is 1.68. The van der Waals surface area contributed by atoms with Crippen LogP contribution >= 0.6 is 11.6 Å². The molecule has 0 aliphatic heterocycles. The zero-order valence-electron chi connectivity index (χ0n) is 14.7. The van der Waals surface area contributed by atoms with Crippen LogP contribution in [-0.2, 0) is 9.59 Å². The Labute approximate surface area is 157 Å². The Balaban J connectivity index is 1.72. The average molecular weight is 373 g/mol. The summed E-state index contributed by atoms with van der Waals surface area (Å²) in [6, 6.07) is 14.5. The van der Waals surface area contributed by atoms with Gasteiger partial charge in [0.2, 0.25) is 11.8 Å². The molecule has 0 spiro atoms. The molecule has 2 aromatic rings. The Morgan fingerprint density at radius 1 is 1.00 bits per heavy atom. The molecule has 0 fully saturated rings. The number of carbonyl (C=O) groups is 2. The lowest BCUT2D eigenvalue weighted by Crippen LogP contribution is -2.20. The topological polar surface area (TPSA) is 73.8 Å². The highest BCUT2D eigenvalue weighted by molar-refractivity contribution is 6.30. The number of nitrogens with one attached hydrogen (secondary N) is 2. The predicted octanol–water partition coefficient (Wildman–Crippen LogP) is 3.28. The minimum Gasteiger partial charge on any atom is -0.378 e. The second-order valence-electron chi connectivity index (χ2n) is 5.83. The lowest BCUT2D eigenvalue weighted by Gasteiger charge is -2.11. The first-order valence-electron chi connectivity index (χ1n) is 8.09. The number of hydrogen-bond donors (Lipinski definition) is 2. The van der Waals surface area contributed by atoms with Gasteiger partial charge in [-0.1, -0.05) is 23.7 Å². The van der Waals surface area contributed by atoms with Gasteiger partial charge in [-0.3, -0.25) is 9.59 Å². The van der Waals surface area contributed by atoms with Gasteiger partial charge in [-0.2, -0.15) is 5.10 Å². The van der Waals surface area contributed by atoms with Crippen molar-refractivity contribution in [3.05, 3.63) is 59.1 Å². The van der Waals surface area contributed by atoms with E-state index in [2.05, 4.69) is 15.8 Å². The molecule has 0 aliphatic carbocycles. The summed E-state index contributed by atoms with van der Waals surface area (Å²) in [7, 11) is 3.93. The standard InChI is InChI=1S/C19H21ClN4O2/c1-24(2)17-9-3-14(4-10-17)13-21-23-19(26)12-11-18(25)22-16-7-5-15(20)6-8-16/h3-10,13H,11-12H2,1-2H3,(H,22,25)(H,23,26)/b21-13-. The Morgan fingerprint density at radius 2 is 1.62 bits per heavy atom. The quantitative estimate of drug-likeness (QED) is 0.578. The minimum absolute atomic E-state index is 0.0519. The third-order valence-corrected chi connectivity index (χ3v) is 3.77. The zero-order valence-corrected chi connectivity index (χ0v) is 15.5. The maximum Gasteiger partial charge on any atom is 0.240 e. The molecule has 6 nitrogen and oxygen atoms in total. The summed E-state index contributed by atoms with van der Waals surface area (Å²) in [6.45, 7) is 0. The molecule has 0 unspecified atom stereocenters. The third-order valence-electron chi connectivity index (χ3n) is 3.52. The lowest BCUT2D eigenvalue weighted by molar-refractivity contribution is -0.124. The van der Waals surface area contributed by atoms with E-state index in [1.54, 1.807) is 30.5 Å². The Bertz CT molecular complexity index is 771. The Hall–Kier alpha value is -2.86. The van der Waals surface area contributed by atoms with Crippen LogP contribution in [0.3, 0.4) is 0 Å². The molecule has 2 rings (SSSR count). The van der Waals surface area contributed by atoms with E-state index < -0.39 is 0 Å². The van der Waals surface area contributed by atoms with Crippen molar-refractivity contribution in [1.82, 2.24) is 5.43 Å². The van der Waals surface area contributed by atoms with E-state index in [0.717, 1.165) is 11.3 Å². The van der Waals surface area contributed by atoms with Gasteiger partial charge in [0.25, 0.3) is 0 Å². The molecule has 0 saturated heterocycles. The van der Waals surface area contributed by atoms with Crippen molar-refractivity contribution < 1.29 is 9.59 Å². The fourth-order valence-corrected chi connectivity index (χ4v) is 2.20. The van der Waals surface area contributed by atoms with Crippen LogP contribution in [0.15, 0.2) is 53.6 Å². The number of nitrogens with zero attached hydrogens (tertiary/aromatic N) is 2. The molecule has 2 amide bonds. The molecule has 0 bridgehead atoms. The molecule has 0 saturated carbocycles. The first-order valence-corrected chi connectivity index (χ1v) is 8.46. The summed E-state index contributed by atoms with van der Waals surface area (Å²) in [5.41, 5.74) is 5.01. The Kier molecular flexibility index (Phi) is 7.17. The van der Waals surface area contributed by atoms with E-state index in [1.165, 1.54) is 0 Å². The maximum atomic E-state index is 11.8. The number of carbonyl (C=O) groups excluding carboxylic acids is 2. The number of amides is 2. The van der Waals surface area contributed by atoms with Gasteiger partial charge in [-0.15, -0.1) is 0 Å². The number of anilines is 2. The van der Waals surface area contributed by atoms with Crippen molar-refractivity contribution in [2.75, 3.05) is 24.3 Å². The van der Waals surface area contributed by atoms with Crippen LogP contribution < -0.4 is 15.6 Å². The monoisotopic (exact) mass is 372 g/mol. The molecule has 7 heteroatoms. The normalized spacial score (nSPS) is 10.6. The number of benzene rings is 2. The molecule has 2 aromatic carbocycles. The summed E-state index contributed by atoms with van der Waals surface area (Å²) < 4.78 is 0. The van der Waals surface area contributed by atoms with Gasteiger partial charge in [0.15, 0.2) is 0 Å². The number of rotatable bonds is 7. The molecule has 0 aromatic heterocycles. The van der Waals surface area contributed by atoms with E-state index in [0.29, 0.717) is 10.7 Å². The van der Waals surface area contributed by atoms with Crippen molar-refractivity contribution >= 4 is 41.0 Å². The fraction of sp³-hybridized carbons (Fsp3) is 0.211. The zero-order chi connectivity index (χ0) is 18.9. The molecule has 2 N–H and O–H groups in total. The van der Waals surface area contributed by atoms with Gasteiger partial charge in [0.1, 0.15) is 0 Å². The summed E-state index contributed by atoms with van der Waals surface area (Å²) >= 11 is 5.78. The molecule has 0 aliphatic rings.